The van der Waals surface area contributed by atoms with Crippen molar-refractivity contribution in [2.24, 2.45) is 0 Å². The van der Waals surface area contributed by atoms with E-state index in [1.807, 2.05) is 0 Å². The molecule has 1 aromatic heterocycles. The van der Waals surface area contributed by atoms with Gasteiger partial charge in [0.15, 0.2) is 5.78 Å². The van der Waals surface area contributed by atoms with E-state index in [0.29, 0.717) is 16.9 Å². The molecule has 0 fully saturated rings. The first-order valence-corrected chi connectivity index (χ1v) is 6.46. The maximum atomic E-state index is 11.9. The lowest BCUT2D eigenvalue weighted by molar-refractivity contribution is -0.389. The quantitative estimate of drug-likeness (QED) is 0.516. The summed E-state index contributed by atoms with van der Waals surface area (Å²) >= 11 is 0. The number of nitrogens with one attached hydrogen (secondary N) is 1. The molecule has 1 aromatic carbocycles. The first-order valence-electron chi connectivity index (χ1n) is 6.46. The topological polar surface area (TPSA) is 107 Å². The summed E-state index contributed by atoms with van der Waals surface area (Å²) in [5.41, 5.74) is 1.61. The second-order valence-corrected chi connectivity index (χ2v) is 4.74. The van der Waals surface area contributed by atoms with E-state index in [1.165, 1.54) is 17.7 Å². The molecule has 2 rings (SSSR count). The lowest BCUT2D eigenvalue weighted by atomic mass is 10.1. The highest BCUT2D eigenvalue weighted by atomic mass is 16.6. The van der Waals surface area contributed by atoms with Crippen LogP contribution in [0.1, 0.15) is 23.0 Å². The number of hydrogen-bond donors (Lipinski definition) is 1. The van der Waals surface area contributed by atoms with Gasteiger partial charge in [0.1, 0.15) is 6.54 Å². The van der Waals surface area contributed by atoms with Crippen molar-refractivity contribution in [2.75, 3.05) is 5.32 Å². The van der Waals surface area contributed by atoms with Crippen LogP contribution in [-0.4, -0.2) is 26.4 Å². The van der Waals surface area contributed by atoms with Gasteiger partial charge >= 0.3 is 5.82 Å². The van der Waals surface area contributed by atoms with E-state index in [9.17, 15) is 19.7 Å². The molecule has 0 atom stereocenters. The van der Waals surface area contributed by atoms with Crippen LogP contribution in [0.2, 0.25) is 0 Å². The minimum atomic E-state index is -0.609. The Morgan fingerprint density at radius 1 is 1.32 bits per heavy atom. The van der Waals surface area contributed by atoms with Gasteiger partial charge in [-0.15, -0.1) is 0 Å². The van der Waals surface area contributed by atoms with Crippen molar-refractivity contribution in [1.82, 2.24) is 9.78 Å². The summed E-state index contributed by atoms with van der Waals surface area (Å²) in [5, 5.41) is 17.0. The first-order chi connectivity index (χ1) is 10.4. The molecule has 0 aliphatic rings. The number of ketones is 1. The fraction of sp³-hybridized carbons (Fsp3) is 0.214. The van der Waals surface area contributed by atoms with Gasteiger partial charge in [0.25, 0.3) is 0 Å². The van der Waals surface area contributed by atoms with Gasteiger partial charge in [0, 0.05) is 11.3 Å². The number of aromatic nitrogens is 2. The summed E-state index contributed by atoms with van der Waals surface area (Å²) in [6.45, 7) is 2.96. The molecule has 0 saturated carbocycles. The van der Waals surface area contributed by atoms with Crippen molar-refractivity contribution in [3.05, 3.63) is 51.7 Å². The smallest absolute Gasteiger partial charge is 0.358 e. The summed E-state index contributed by atoms with van der Waals surface area (Å²) in [5.74, 6) is -0.717. The van der Waals surface area contributed by atoms with Crippen LogP contribution < -0.4 is 5.32 Å². The number of nitro groups is 1. The van der Waals surface area contributed by atoms with Gasteiger partial charge in [-0.05, 0) is 43.0 Å². The molecule has 1 N–H and O–H groups in total. The Hall–Kier alpha value is -3.03. The lowest BCUT2D eigenvalue weighted by Crippen LogP contribution is -2.20. The molecule has 0 bridgehead atoms. The number of Topliss-reactive ketones (excluding diaryl/α,β-unsaturated/α-hetero) is 1. The number of carbonyl (C=O) groups is 2. The average molecular weight is 302 g/mol. The van der Waals surface area contributed by atoms with E-state index in [-0.39, 0.29) is 24.1 Å². The van der Waals surface area contributed by atoms with Crippen LogP contribution in [0.3, 0.4) is 0 Å². The van der Waals surface area contributed by atoms with Crippen molar-refractivity contribution in [3.63, 3.8) is 0 Å². The molecule has 0 saturated heterocycles. The Labute approximate surface area is 125 Å². The van der Waals surface area contributed by atoms with Gasteiger partial charge in [0.2, 0.25) is 5.91 Å². The molecule has 0 aliphatic carbocycles. The van der Waals surface area contributed by atoms with Crippen LogP contribution in [0, 0.1) is 17.0 Å². The Kier molecular flexibility index (Phi) is 4.31. The molecule has 1 amide bonds. The van der Waals surface area contributed by atoms with Crippen LogP contribution in [0.5, 0.6) is 0 Å². The van der Waals surface area contributed by atoms with Gasteiger partial charge in [0.05, 0.1) is 16.9 Å². The Bertz CT molecular complexity index is 734. The second-order valence-electron chi connectivity index (χ2n) is 4.74. The molecule has 114 valence electrons. The van der Waals surface area contributed by atoms with Crippen molar-refractivity contribution >= 4 is 23.2 Å². The maximum Gasteiger partial charge on any atom is 0.390 e. The third kappa shape index (κ3) is 3.54. The molecule has 22 heavy (non-hydrogen) atoms. The lowest BCUT2D eigenvalue weighted by Gasteiger charge is -2.05. The van der Waals surface area contributed by atoms with Crippen LogP contribution in [0.4, 0.5) is 11.5 Å². The monoisotopic (exact) mass is 302 g/mol. The van der Waals surface area contributed by atoms with Gasteiger partial charge in [-0.3, -0.25) is 9.59 Å². The number of aryl methyl sites for hydroxylation is 1. The zero-order valence-electron chi connectivity index (χ0n) is 12.1. The molecular formula is C14H14N4O4. The number of carbonyl (C=O) groups excluding carboxylic acids is 2. The van der Waals surface area contributed by atoms with E-state index in [0.717, 1.165) is 0 Å². The summed E-state index contributed by atoms with van der Waals surface area (Å²) in [4.78, 5) is 33.1. The molecule has 0 spiro atoms. The summed E-state index contributed by atoms with van der Waals surface area (Å²) in [6.07, 6.45) is 0. The molecule has 2 aromatic rings. The molecule has 0 radical (unpaired) electrons. The Morgan fingerprint density at radius 3 is 2.45 bits per heavy atom. The predicted octanol–water partition coefficient (Wildman–Crippen LogP) is 1.94. The van der Waals surface area contributed by atoms with Gasteiger partial charge in [-0.1, -0.05) is 0 Å². The van der Waals surface area contributed by atoms with Gasteiger partial charge < -0.3 is 15.4 Å². The van der Waals surface area contributed by atoms with E-state index in [4.69, 9.17) is 0 Å². The Morgan fingerprint density at radius 2 is 1.95 bits per heavy atom. The Balaban J connectivity index is 2.03. The minimum Gasteiger partial charge on any atom is -0.358 e. The number of hydrogen-bond acceptors (Lipinski definition) is 5. The van der Waals surface area contributed by atoms with Gasteiger partial charge in [-0.25, -0.2) is 0 Å². The average Bonchev–Trinajstić information content (AvgIpc) is 2.81. The third-order valence-corrected chi connectivity index (χ3v) is 3.02. The molecule has 1 heterocycles. The normalized spacial score (nSPS) is 10.3. The van der Waals surface area contributed by atoms with Crippen molar-refractivity contribution in [3.8, 4) is 0 Å². The van der Waals surface area contributed by atoms with Crippen molar-refractivity contribution in [2.45, 2.75) is 20.4 Å². The van der Waals surface area contributed by atoms with Crippen LogP contribution in [-0.2, 0) is 11.3 Å². The minimum absolute atomic E-state index is 0.0580. The number of nitrogens with zero attached hydrogens (tertiary/aromatic N) is 3. The second kappa shape index (κ2) is 6.17. The highest BCUT2D eigenvalue weighted by Gasteiger charge is 2.17. The standard InChI is InChI=1S/C14H14N4O4/c1-9-7-13(18(21)22)16-17(9)8-14(20)15-12-5-3-11(4-6-12)10(2)19/h3-7H,8H2,1-2H3,(H,15,20). The highest BCUT2D eigenvalue weighted by molar-refractivity contribution is 5.95. The van der Waals surface area contributed by atoms with Gasteiger partial charge in [-0.2, -0.15) is 4.68 Å². The predicted molar refractivity (Wildman–Crippen MR) is 78.7 cm³/mol. The van der Waals surface area contributed by atoms with Crippen LogP contribution in [0.15, 0.2) is 30.3 Å². The fourth-order valence-electron chi connectivity index (χ4n) is 1.87. The molecular weight excluding hydrogens is 288 g/mol. The number of benzene rings is 1. The highest BCUT2D eigenvalue weighted by Crippen LogP contribution is 2.12. The largest absolute Gasteiger partial charge is 0.390 e. The van der Waals surface area contributed by atoms with E-state index in [1.54, 1.807) is 31.2 Å². The first kappa shape index (κ1) is 15.4. The van der Waals surface area contributed by atoms with Crippen molar-refractivity contribution in [1.29, 1.82) is 0 Å². The van der Waals surface area contributed by atoms with Crippen molar-refractivity contribution < 1.29 is 14.5 Å². The number of rotatable bonds is 5. The van der Waals surface area contributed by atoms with E-state index < -0.39 is 4.92 Å². The molecule has 8 nitrogen and oxygen atoms in total. The summed E-state index contributed by atoms with van der Waals surface area (Å²) < 4.78 is 1.26. The number of amides is 1. The third-order valence-electron chi connectivity index (χ3n) is 3.02. The molecule has 0 unspecified atom stereocenters. The fourth-order valence-corrected chi connectivity index (χ4v) is 1.87. The SMILES string of the molecule is CC(=O)c1ccc(NC(=O)Cn2nc([N+](=O)[O-])cc2C)cc1. The maximum absolute atomic E-state index is 11.9. The zero-order valence-corrected chi connectivity index (χ0v) is 12.1. The zero-order chi connectivity index (χ0) is 16.3. The van der Waals surface area contributed by atoms with E-state index >= 15 is 0 Å². The summed E-state index contributed by atoms with van der Waals surface area (Å²) in [6, 6.07) is 7.76. The van der Waals surface area contributed by atoms with E-state index in [2.05, 4.69) is 10.4 Å². The number of anilines is 1. The van der Waals surface area contributed by atoms with Crippen LogP contribution >= 0.6 is 0 Å². The molecule has 8 heteroatoms. The van der Waals surface area contributed by atoms with Crippen LogP contribution in [0.25, 0.3) is 0 Å². The molecule has 0 aliphatic heterocycles. The summed E-state index contributed by atoms with van der Waals surface area (Å²) in [7, 11) is 0.